The molecule has 108 valence electrons. The number of hydrogen-bond donors (Lipinski definition) is 3. The van der Waals surface area contributed by atoms with Gasteiger partial charge in [0.1, 0.15) is 17.5 Å². The van der Waals surface area contributed by atoms with Gasteiger partial charge < -0.3 is 15.5 Å². The highest BCUT2D eigenvalue weighted by atomic mass is 16.5. The van der Waals surface area contributed by atoms with Crippen LogP contribution in [0.15, 0.2) is 6.07 Å². The number of nitrogen functional groups attached to an aromatic ring is 1. The number of aryl methyl sites for hydroxylation is 1. The Balaban J connectivity index is 2.32. The highest BCUT2D eigenvalue weighted by molar-refractivity contribution is 5.46. The molecule has 0 spiro atoms. The third-order valence-corrected chi connectivity index (χ3v) is 2.46. The molecule has 0 bridgehead atoms. The third kappa shape index (κ3) is 6.35. The van der Waals surface area contributed by atoms with Crippen molar-refractivity contribution in [2.75, 3.05) is 30.5 Å². The molecule has 0 atom stereocenters. The number of hydrazine groups is 1. The zero-order chi connectivity index (χ0) is 14.1. The van der Waals surface area contributed by atoms with E-state index < -0.39 is 0 Å². The van der Waals surface area contributed by atoms with Crippen molar-refractivity contribution in [3.63, 3.8) is 0 Å². The van der Waals surface area contributed by atoms with Gasteiger partial charge in [-0.3, -0.25) is 0 Å². The van der Waals surface area contributed by atoms with Crippen molar-refractivity contribution in [3.05, 3.63) is 11.9 Å². The number of ether oxygens (including phenoxy) is 1. The minimum atomic E-state index is 0.583. The Morgan fingerprint density at radius 1 is 1.32 bits per heavy atom. The largest absolute Gasteiger partial charge is 0.381 e. The molecule has 6 nitrogen and oxygen atoms in total. The molecule has 0 aliphatic rings. The third-order valence-electron chi connectivity index (χ3n) is 2.46. The summed E-state index contributed by atoms with van der Waals surface area (Å²) >= 11 is 0. The highest BCUT2D eigenvalue weighted by Crippen LogP contribution is 2.10. The Kier molecular flexibility index (Phi) is 7.14. The topological polar surface area (TPSA) is 85.1 Å². The maximum Gasteiger partial charge on any atom is 0.145 e. The molecule has 0 saturated carbocycles. The smallest absolute Gasteiger partial charge is 0.145 e. The van der Waals surface area contributed by atoms with Gasteiger partial charge in [0.15, 0.2) is 0 Å². The maximum atomic E-state index is 5.52. The summed E-state index contributed by atoms with van der Waals surface area (Å²) in [6.07, 6.45) is 1.73. The fraction of sp³-hybridized carbons (Fsp3) is 0.692. The number of hydrogen-bond acceptors (Lipinski definition) is 6. The van der Waals surface area contributed by atoms with Gasteiger partial charge in [-0.15, -0.1) is 0 Å². The van der Waals surface area contributed by atoms with Crippen molar-refractivity contribution in [2.24, 2.45) is 11.8 Å². The molecule has 4 N–H and O–H groups in total. The Morgan fingerprint density at radius 2 is 2.05 bits per heavy atom. The van der Waals surface area contributed by atoms with E-state index in [9.17, 15) is 0 Å². The zero-order valence-corrected chi connectivity index (χ0v) is 12.1. The van der Waals surface area contributed by atoms with E-state index in [1.807, 2.05) is 6.92 Å². The van der Waals surface area contributed by atoms with Crippen LogP contribution < -0.4 is 16.6 Å². The monoisotopic (exact) mass is 267 g/mol. The molecule has 0 amide bonds. The lowest BCUT2D eigenvalue weighted by Crippen LogP contribution is -2.13. The van der Waals surface area contributed by atoms with E-state index in [0.29, 0.717) is 11.7 Å². The minimum absolute atomic E-state index is 0.583. The Bertz CT molecular complexity index is 348. The molecule has 0 unspecified atom stereocenters. The molecule has 0 saturated heterocycles. The Labute approximate surface area is 115 Å². The van der Waals surface area contributed by atoms with Gasteiger partial charge in [0.2, 0.25) is 0 Å². The lowest BCUT2D eigenvalue weighted by molar-refractivity contribution is 0.110. The molecule has 0 aliphatic heterocycles. The molecule has 1 rings (SSSR count). The van der Waals surface area contributed by atoms with Crippen LogP contribution in [0.5, 0.6) is 0 Å². The van der Waals surface area contributed by atoms with Crippen LogP contribution >= 0.6 is 0 Å². The molecule has 0 aromatic carbocycles. The molecule has 0 radical (unpaired) electrons. The molecule has 0 aliphatic carbocycles. The van der Waals surface area contributed by atoms with Gasteiger partial charge >= 0.3 is 0 Å². The molecule has 19 heavy (non-hydrogen) atoms. The Morgan fingerprint density at radius 3 is 2.68 bits per heavy atom. The average Bonchev–Trinajstić information content (AvgIpc) is 2.41. The second-order valence-corrected chi connectivity index (χ2v) is 4.80. The zero-order valence-electron chi connectivity index (χ0n) is 12.1. The first-order valence-electron chi connectivity index (χ1n) is 6.81. The maximum absolute atomic E-state index is 5.52. The number of nitrogens with one attached hydrogen (secondary N) is 2. The normalized spacial score (nSPS) is 10.8. The lowest BCUT2D eigenvalue weighted by Gasteiger charge is -2.10. The average molecular weight is 267 g/mol. The van der Waals surface area contributed by atoms with Gasteiger partial charge in [-0.1, -0.05) is 20.8 Å². The highest BCUT2D eigenvalue weighted by Gasteiger charge is 2.02. The Hall–Kier alpha value is -1.40. The van der Waals surface area contributed by atoms with E-state index in [2.05, 4.69) is 34.6 Å². The first-order chi connectivity index (χ1) is 9.15. The number of aromatic nitrogens is 2. The first-order valence-corrected chi connectivity index (χ1v) is 6.81. The number of nitrogens with zero attached hydrogens (tertiary/aromatic N) is 2. The van der Waals surface area contributed by atoms with E-state index in [0.717, 1.165) is 44.2 Å². The number of rotatable bonds is 9. The van der Waals surface area contributed by atoms with E-state index in [1.54, 1.807) is 6.07 Å². The standard InChI is InChI=1S/C13H25N5O/c1-4-11-16-12(8-13(17-11)18-14)15-6-5-7-19-9-10(2)3/h8,10H,4-7,9,14H2,1-3H3,(H2,15,16,17,18). The van der Waals surface area contributed by atoms with Crippen LogP contribution in [0.3, 0.4) is 0 Å². The predicted molar refractivity (Wildman–Crippen MR) is 78.0 cm³/mol. The number of nitrogens with two attached hydrogens (primary N) is 1. The fourth-order valence-electron chi connectivity index (χ4n) is 1.53. The van der Waals surface area contributed by atoms with Gasteiger partial charge in [0, 0.05) is 32.2 Å². The number of anilines is 2. The van der Waals surface area contributed by atoms with Crippen LogP contribution in [0.2, 0.25) is 0 Å². The van der Waals surface area contributed by atoms with Gasteiger partial charge in [0.05, 0.1) is 0 Å². The van der Waals surface area contributed by atoms with E-state index in [4.69, 9.17) is 10.6 Å². The van der Waals surface area contributed by atoms with E-state index in [1.165, 1.54) is 0 Å². The summed E-state index contributed by atoms with van der Waals surface area (Å²) in [6, 6.07) is 1.80. The van der Waals surface area contributed by atoms with Gasteiger partial charge in [-0.05, 0) is 12.3 Å². The quantitative estimate of drug-likeness (QED) is 0.359. The summed E-state index contributed by atoms with van der Waals surface area (Å²) in [7, 11) is 0. The van der Waals surface area contributed by atoms with Crippen molar-refractivity contribution in [1.82, 2.24) is 9.97 Å². The van der Waals surface area contributed by atoms with Crippen molar-refractivity contribution < 1.29 is 4.74 Å². The summed E-state index contributed by atoms with van der Waals surface area (Å²) in [5, 5.41) is 3.26. The van der Waals surface area contributed by atoms with Crippen LogP contribution in [0, 0.1) is 5.92 Å². The molecule has 1 aromatic heterocycles. The van der Waals surface area contributed by atoms with Gasteiger partial charge in [0.25, 0.3) is 0 Å². The van der Waals surface area contributed by atoms with Crippen LogP contribution in [0.1, 0.15) is 33.0 Å². The molecule has 1 aromatic rings. The van der Waals surface area contributed by atoms with Gasteiger partial charge in [-0.25, -0.2) is 15.8 Å². The lowest BCUT2D eigenvalue weighted by atomic mass is 10.2. The molecule has 6 heteroatoms. The molecular weight excluding hydrogens is 242 g/mol. The summed E-state index contributed by atoms with van der Waals surface area (Å²) < 4.78 is 5.52. The van der Waals surface area contributed by atoms with Crippen molar-refractivity contribution in [2.45, 2.75) is 33.6 Å². The summed E-state index contributed by atoms with van der Waals surface area (Å²) in [6.45, 7) is 8.70. The molecule has 1 heterocycles. The fourth-order valence-corrected chi connectivity index (χ4v) is 1.53. The van der Waals surface area contributed by atoms with Crippen molar-refractivity contribution in [3.8, 4) is 0 Å². The minimum Gasteiger partial charge on any atom is -0.381 e. The van der Waals surface area contributed by atoms with Crippen molar-refractivity contribution >= 4 is 11.6 Å². The summed E-state index contributed by atoms with van der Waals surface area (Å²) in [5.41, 5.74) is 2.55. The van der Waals surface area contributed by atoms with Gasteiger partial charge in [-0.2, -0.15) is 0 Å². The first kappa shape index (κ1) is 15.7. The molecular formula is C13H25N5O. The van der Waals surface area contributed by atoms with Crippen LogP contribution in [-0.4, -0.2) is 29.7 Å². The SMILES string of the molecule is CCc1nc(NN)cc(NCCCOCC(C)C)n1. The van der Waals surface area contributed by atoms with Crippen LogP contribution in [0.25, 0.3) is 0 Å². The van der Waals surface area contributed by atoms with E-state index in [-0.39, 0.29) is 0 Å². The molecule has 0 fully saturated rings. The van der Waals surface area contributed by atoms with Crippen LogP contribution in [-0.2, 0) is 11.2 Å². The summed E-state index contributed by atoms with van der Waals surface area (Å²) in [4.78, 5) is 8.62. The summed E-state index contributed by atoms with van der Waals surface area (Å²) in [5.74, 6) is 8.16. The van der Waals surface area contributed by atoms with Crippen molar-refractivity contribution in [1.29, 1.82) is 0 Å². The second-order valence-electron chi connectivity index (χ2n) is 4.80. The van der Waals surface area contributed by atoms with E-state index >= 15 is 0 Å². The second kappa shape index (κ2) is 8.66. The van der Waals surface area contributed by atoms with Crippen LogP contribution in [0.4, 0.5) is 11.6 Å². The predicted octanol–water partition coefficient (Wildman–Crippen LogP) is 1.80.